The summed E-state index contributed by atoms with van der Waals surface area (Å²) in [6.45, 7) is 9.54. The molecule has 0 amide bonds. The summed E-state index contributed by atoms with van der Waals surface area (Å²) in [5, 5.41) is 10.6. The van der Waals surface area contributed by atoms with Crippen LogP contribution in [-0.4, -0.2) is 96.7 Å². The van der Waals surface area contributed by atoms with E-state index in [2.05, 4.69) is 41.5 Å². The van der Waals surface area contributed by atoms with Gasteiger partial charge in [0.15, 0.2) is 12.2 Å². The minimum Gasteiger partial charge on any atom is -0.462 e. The maximum absolute atomic E-state index is 13.0. The van der Waals surface area contributed by atoms with E-state index >= 15 is 0 Å². The summed E-state index contributed by atoms with van der Waals surface area (Å²) in [4.78, 5) is 72.6. The quantitative estimate of drug-likeness (QED) is 0.0222. The zero-order valence-electron chi connectivity index (χ0n) is 58.4. The first-order chi connectivity index (χ1) is 43.4. The third-order valence-corrected chi connectivity index (χ3v) is 18.7. The number of unbranched alkanes of at least 4 members (excludes halogenated alkanes) is 39. The van der Waals surface area contributed by atoms with Gasteiger partial charge in [-0.15, -0.1) is 0 Å². The number of carbonyl (C=O) groups is 4. The van der Waals surface area contributed by atoms with Crippen molar-refractivity contribution < 1.29 is 80.2 Å². The van der Waals surface area contributed by atoms with Gasteiger partial charge in [-0.1, -0.05) is 311 Å². The van der Waals surface area contributed by atoms with Crippen molar-refractivity contribution in [2.75, 3.05) is 39.6 Å². The van der Waals surface area contributed by atoms with Gasteiger partial charge in [-0.3, -0.25) is 37.3 Å². The summed E-state index contributed by atoms with van der Waals surface area (Å²) < 4.78 is 68.3. The van der Waals surface area contributed by atoms with Crippen LogP contribution in [0.25, 0.3) is 0 Å². The fourth-order valence-electron chi connectivity index (χ4n) is 10.7. The van der Waals surface area contributed by atoms with Crippen LogP contribution in [0.15, 0.2) is 0 Å². The standard InChI is InChI=1S/C71H138O17P2/c1-7-10-12-14-16-18-20-21-22-23-24-30-37-43-49-55-70(75)87-66(59-82-69(74)54-48-42-36-29-26-25-27-34-40-46-52-64(6)9-3)61-85-89(77,78)83-57-65(72)58-84-90(79,80)86-62-67(60-81-68(73)53-47-41-35-28-19-17-15-13-11-8-2)88-71(76)56-50-44-38-32-31-33-39-45-51-63(4)5/h63-67,72H,7-62H2,1-6H3,(H,77,78)(H,79,80)/t64?,65-,66-,67-/m1/s1. The van der Waals surface area contributed by atoms with Crippen molar-refractivity contribution in [1.29, 1.82) is 0 Å². The van der Waals surface area contributed by atoms with Crippen molar-refractivity contribution in [2.24, 2.45) is 11.8 Å². The summed E-state index contributed by atoms with van der Waals surface area (Å²) in [6, 6.07) is 0. The monoisotopic (exact) mass is 1320 g/mol. The number of phosphoric ester groups is 2. The number of carbonyl (C=O) groups excluding carboxylic acids is 4. The predicted molar refractivity (Wildman–Crippen MR) is 363 cm³/mol. The largest absolute Gasteiger partial charge is 0.472 e. The first-order valence-corrected chi connectivity index (χ1v) is 40.0. The van der Waals surface area contributed by atoms with Crippen molar-refractivity contribution >= 4 is 39.5 Å². The number of esters is 4. The van der Waals surface area contributed by atoms with Crippen LogP contribution in [0.2, 0.25) is 0 Å². The van der Waals surface area contributed by atoms with Gasteiger partial charge in [0.05, 0.1) is 26.4 Å². The highest BCUT2D eigenvalue weighted by Crippen LogP contribution is 2.45. The van der Waals surface area contributed by atoms with Crippen molar-refractivity contribution in [2.45, 2.75) is 381 Å². The maximum atomic E-state index is 13.0. The topological polar surface area (TPSA) is 237 Å². The molecule has 0 radical (unpaired) electrons. The Morgan fingerprint density at radius 3 is 0.844 bits per heavy atom. The minimum absolute atomic E-state index is 0.105. The molecule has 0 aliphatic heterocycles. The fraction of sp³-hybridized carbons (Fsp3) is 0.944. The normalized spacial score (nSPS) is 14.4. The SMILES string of the molecule is CCCCCCCCCCCCCCCCCC(=O)O[C@H](COC(=O)CCCCCCCCCCCCC(C)CC)COP(=O)(O)OC[C@@H](O)COP(=O)(O)OC[C@@H](COC(=O)CCCCCCCCCCCC)OC(=O)CCCCCCCCCCC(C)C. The second-order valence-electron chi connectivity index (χ2n) is 26.3. The molecule has 0 aromatic heterocycles. The lowest BCUT2D eigenvalue weighted by Gasteiger charge is -2.21. The van der Waals surface area contributed by atoms with Crippen LogP contribution in [-0.2, 0) is 65.4 Å². The molecule has 6 atom stereocenters. The van der Waals surface area contributed by atoms with Crippen LogP contribution in [0.1, 0.15) is 363 Å². The lowest BCUT2D eigenvalue weighted by atomic mass is 9.99. The van der Waals surface area contributed by atoms with Gasteiger partial charge in [-0.2, -0.15) is 0 Å². The lowest BCUT2D eigenvalue weighted by Crippen LogP contribution is -2.30. The van der Waals surface area contributed by atoms with Gasteiger partial charge in [0.25, 0.3) is 0 Å². The van der Waals surface area contributed by atoms with Gasteiger partial charge in [0, 0.05) is 25.7 Å². The lowest BCUT2D eigenvalue weighted by molar-refractivity contribution is -0.161. The number of hydrogen-bond acceptors (Lipinski definition) is 15. The van der Waals surface area contributed by atoms with E-state index in [4.69, 9.17) is 37.0 Å². The Hall–Kier alpha value is -1.94. The predicted octanol–water partition coefficient (Wildman–Crippen LogP) is 20.4. The molecule has 0 rings (SSSR count). The van der Waals surface area contributed by atoms with Crippen LogP contribution in [0.4, 0.5) is 0 Å². The summed E-state index contributed by atoms with van der Waals surface area (Å²) >= 11 is 0. The zero-order valence-corrected chi connectivity index (χ0v) is 60.2. The molecule has 17 nitrogen and oxygen atoms in total. The molecule has 3 N–H and O–H groups in total. The van der Waals surface area contributed by atoms with E-state index in [0.29, 0.717) is 25.7 Å². The Morgan fingerprint density at radius 1 is 0.322 bits per heavy atom. The third kappa shape index (κ3) is 63.5. The molecule has 0 heterocycles. The van der Waals surface area contributed by atoms with E-state index in [1.54, 1.807) is 0 Å². The van der Waals surface area contributed by atoms with Gasteiger partial charge in [0.1, 0.15) is 19.3 Å². The Labute approximate surface area is 549 Å². The van der Waals surface area contributed by atoms with Crippen LogP contribution >= 0.6 is 15.6 Å². The second-order valence-corrected chi connectivity index (χ2v) is 29.3. The van der Waals surface area contributed by atoms with Crippen LogP contribution in [0.3, 0.4) is 0 Å². The average molecular weight is 1330 g/mol. The molecule has 534 valence electrons. The number of hydrogen-bond donors (Lipinski definition) is 3. The molecule has 0 aliphatic carbocycles. The molecule has 19 heteroatoms. The van der Waals surface area contributed by atoms with E-state index in [9.17, 15) is 43.2 Å². The number of ether oxygens (including phenoxy) is 4. The number of aliphatic hydroxyl groups excluding tert-OH is 1. The summed E-state index contributed by atoms with van der Waals surface area (Å²) in [5.41, 5.74) is 0. The van der Waals surface area contributed by atoms with Gasteiger partial charge >= 0.3 is 39.5 Å². The zero-order chi connectivity index (χ0) is 66.5. The first-order valence-electron chi connectivity index (χ1n) is 37.0. The van der Waals surface area contributed by atoms with E-state index < -0.39 is 97.5 Å². The molecule has 0 saturated carbocycles. The third-order valence-electron chi connectivity index (χ3n) is 16.8. The molecular formula is C71H138O17P2. The fourth-order valence-corrected chi connectivity index (χ4v) is 12.3. The molecular weight excluding hydrogens is 1190 g/mol. The molecule has 0 aliphatic rings. The molecule has 3 unspecified atom stereocenters. The molecule has 0 saturated heterocycles. The molecule has 0 aromatic carbocycles. The Kier molecular flexibility index (Phi) is 61.8. The molecule has 0 fully saturated rings. The molecule has 0 spiro atoms. The van der Waals surface area contributed by atoms with Gasteiger partial charge < -0.3 is 33.8 Å². The minimum atomic E-state index is -4.95. The van der Waals surface area contributed by atoms with E-state index in [1.807, 2.05) is 0 Å². The molecule has 90 heavy (non-hydrogen) atoms. The summed E-state index contributed by atoms with van der Waals surface area (Å²) in [5.74, 6) is -0.595. The van der Waals surface area contributed by atoms with Gasteiger partial charge in [0.2, 0.25) is 0 Å². The number of rotatable bonds is 70. The van der Waals surface area contributed by atoms with Crippen molar-refractivity contribution in [3.8, 4) is 0 Å². The van der Waals surface area contributed by atoms with Crippen molar-refractivity contribution in [3.63, 3.8) is 0 Å². The molecule has 0 bridgehead atoms. The van der Waals surface area contributed by atoms with Gasteiger partial charge in [-0.25, -0.2) is 9.13 Å². The van der Waals surface area contributed by atoms with E-state index in [-0.39, 0.29) is 25.7 Å². The van der Waals surface area contributed by atoms with Crippen LogP contribution in [0.5, 0.6) is 0 Å². The highest BCUT2D eigenvalue weighted by Gasteiger charge is 2.30. The highest BCUT2D eigenvalue weighted by atomic mass is 31.2. The Morgan fingerprint density at radius 2 is 0.567 bits per heavy atom. The van der Waals surface area contributed by atoms with Crippen molar-refractivity contribution in [1.82, 2.24) is 0 Å². The molecule has 0 aromatic rings. The Bertz CT molecular complexity index is 1750. The first kappa shape index (κ1) is 88.1. The second kappa shape index (κ2) is 63.1. The number of phosphoric acid groups is 2. The smallest absolute Gasteiger partial charge is 0.462 e. The average Bonchev–Trinajstić information content (AvgIpc) is 3.56. The van der Waals surface area contributed by atoms with Crippen LogP contribution < -0.4 is 0 Å². The summed E-state index contributed by atoms with van der Waals surface area (Å²) in [6.07, 6.45) is 48.4. The highest BCUT2D eigenvalue weighted by molar-refractivity contribution is 7.47. The Balaban J connectivity index is 5.25. The van der Waals surface area contributed by atoms with E-state index in [1.165, 1.54) is 180 Å². The summed E-state index contributed by atoms with van der Waals surface area (Å²) in [7, 11) is -9.90. The van der Waals surface area contributed by atoms with E-state index in [0.717, 1.165) is 102 Å². The number of aliphatic hydroxyl groups is 1. The maximum Gasteiger partial charge on any atom is 0.472 e. The van der Waals surface area contributed by atoms with Gasteiger partial charge in [-0.05, 0) is 37.5 Å². The van der Waals surface area contributed by atoms with Crippen molar-refractivity contribution in [3.05, 3.63) is 0 Å². The van der Waals surface area contributed by atoms with Crippen LogP contribution in [0, 0.1) is 11.8 Å².